The van der Waals surface area contributed by atoms with Gasteiger partial charge in [0.15, 0.2) is 0 Å². The Morgan fingerprint density at radius 1 is 1.41 bits per heavy atom. The molecule has 0 radical (unpaired) electrons. The SMILES string of the molecule is CC(C)Nc1nc(N)n(-c2cccc(F)c2)n1. The number of hydrogen-bond donors (Lipinski definition) is 2. The minimum Gasteiger partial charge on any atom is -0.368 e. The number of hydrogen-bond acceptors (Lipinski definition) is 4. The molecule has 3 N–H and O–H groups in total. The van der Waals surface area contributed by atoms with Crippen LogP contribution in [0.3, 0.4) is 0 Å². The average molecular weight is 235 g/mol. The van der Waals surface area contributed by atoms with E-state index in [0.717, 1.165) is 0 Å². The Hall–Kier alpha value is -2.11. The molecule has 0 saturated carbocycles. The Bertz CT molecular complexity index is 520. The van der Waals surface area contributed by atoms with Crippen molar-refractivity contribution in [1.82, 2.24) is 14.8 Å². The van der Waals surface area contributed by atoms with Crippen LogP contribution in [-0.4, -0.2) is 20.8 Å². The number of aromatic nitrogens is 3. The topological polar surface area (TPSA) is 68.8 Å². The Balaban J connectivity index is 2.36. The smallest absolute Gasteiger partial charge is 0.244 e. The molecule has 90 valence electrons. The molecule has 0 saturated heterocycles. The Labute approximate surface area is 98.5 Å². The van der Waals surface area contributed by atoms with Crippen LogP contribution in [0.4, 0.5) is 16.3 Å². The second-order valence-electron chi connectivity index (χ2n) is 3.98. The molecular formula is C11H14FN5. The van der Waals surface area contributed by atoms with Gasteiger partial charge < -0.3 is 11.1 Å². The number of benzene rings is 1. The van der Waals surface area contributed by atoms with E-state index >= 15 is 0 Å². The van der Waals surface area contributed by atoms with E-state index in [1.54, 1.807) is 12.1 Å². The van der Waals surface area contributed by atoms with Crippen LogP contribution in [0.5, 0.6) is 0 Å². The summed E-state index contributed by atoms with van der Waals surface area (Å²) in [7, 11) is 0. The van der Waals surface area contributed by atoms with Crippen molar-refractivity contribution in [2.45, 2.75) is 19.9 Å². The monoisotopic (exact) mass is 235 g/mol. The van der Waals surface area contributed by atoms with E-state index in [-0.39, 0.29) is 17.8 Å². The second kappa shape index (κ2) is 4.40. The van der Waals surface area contributed by atoms with Crippen molar-refractivity contribution in [2.75, 3.05) is 11.1 Å². The summed E-state index contributed by atoms with van der Waals surface area (Å²) < 4.78 is 14.5. The molecule has 5 nitrogen and oxygen atoms in total. The molecule has 0 unspecified atom stereocenters. The molecule has 0 atom stereocenters. The number of nitrogens with one attached hydrogen (secondary N) is 1. The molecule has 1 aromatic heterocycles. The highest BCUT2D eigenvalue weighted by molar-refractivity contribution is 5.42. The van der Waals surface area contributed by atoms with E-state index in [0.29, 0.717) is 11.6 Å². The van der Waals surface area contributed by atoms with Crippen LogP contribution < -0.4 is 11.1 Å². The molecule has 0 bridgehead atoms. The largest absolute Gasteiger partial charge is 0.368 e. The first kappa shape index (κ1) is 11.4. The van der Waals surface area contributed by atoms with Crippen LogP contribution in [0.1, 0.15) is 13.8 Å². The van der Waals surface area contributed by atoms with E-state index in [9.17, 15) is 4.39 Å². The van der Waals surface area contributed by atoms with Crippen molar-refractivity contribution in [2.24, 2.45) is 0 Å². The lowest BCUT2D eigenvalue weighted by atomic mass is 10.3. The average Bonchev–Trinajstić information content (AvgIpc) is 2.58. The lowest BCUT2D eigenvalue weighted by Crippen LogP contribution is -2.11. The fourth-order valence-corrected chi connectivity index (χ4v) is 1.44. The number of nitrogens with zero attached hydrogens (tertiary/aromatic N) is 3. The first-order valence-electron chi connectivity index (χ1n) is 5.31. The number of rotatable bonds is 3. The summed E-state index contributed by atoms with van der Waals surface area (Å²) in [6.07, 6.45) is 0. The van der Waals surface area contributed by atoms with E-state index in [4.69, 9.17) is 5.73 Å². The predicted octanol–water partition coefficient (Wildman–Crippen LogP) is 1.81. The van der Waals surface area contributed by atoms with Crippen LogP contribution in [0.2, 0.25) is 0 Å². The first-order valence-corrected chi connectivity index (χ1v) is 5.31. The van der Waals surface area contributed by atoms with Gasteiger partial charge in [0, 0.05) is 6.04 Å². The quantitative estimate of drug-likeness (QED) is 0.851. The Morgan fingerprint density at radius 3 is 2.82 bits per heavy atom. The van der Waals surface area contributed by atoms with E-state index in [1.165, 1.54) is 16.8 Å². The normalized spacial score (nSPS) is 10.8. The van der Waals surface area contributed by atoms with Gasteiger partial charge in [0.25, 0.3) is 0 Å². The molecule has 0 amide bonds. The lowest BCUT2D eigenvalue weighted by molar-refractivity contribution is 0.625. The van der Waals surface area contributed by atoms with Crippen molar-refractivity contribution >= 4 is 11.9 Å². The third kappa shape index (κ3) is 2.52. The van der Waals surface area contributed by atoms with Gasteiger partial charge in [-0.05, 0) is 32.0 Å². The molecule has 1 aromatic carbocycles. The predicted molar refractivity (Wildman–Crippen MR) is 64.5 cm³/mol. The van der Waals surface area contributed by atoms with E-state index in [2.05, 4.69) is 15.4 Å². The number of nitrogen functional groups attached to an aromatic ring is 1. The van der Waals surface area contributed by atoms with Crippen molar-refractivity contribution in [3.05, 3.63) is 30.1 Å². The van der Waals surface area contributed by atoms with Gasteiger partial charge >= 0.3 is 0 Å². The highest BCUT2D eigenvalue weighted by atomic mass is 19.1. The molecule has 0 fully saturated rings. The molecule has 1 heterocycles. The molecular weight excluding hydrogens is 221 g/mol. The minimum absolute atomic E-state index is 0.206. The van der Waals surface area contributed by atoms with Crippen molar-refractivity contribution < 1.29 is 4.39 Å². The number of anilines is 2. The van der Waals surface area contributed by atoms with Gasteiger partial charge in [-0.1, -0.05) is 6.07 Å². The molecule has 2 aromatic rings. The van der Waals surface area contributed by atoms with Gasteiger partial charge in [-0.15, -0.1) is 5.10 Å². The Kier molecular flexibility index (Phi) is 2.95. The van der Waals surface area contributed by atoms with Gasteiger partial charge in [0.1, 0.15) is 5.82 Å². The van der Waals surface area contributed by atoms with Gasteiger partial charge in [0.05, 0.1) is 5.69 Å². The van der Waals surface area contributed by atoms with E-state index < -0.39 is 0 Å². The number of halogens is 1. The van der Waals surface area contributed by atoms with Crippen molar-refractivity contribution in [3.8, 4) is 5.69 Å². The molecule has 0 aliphatic rings. The second-order valence-corrected chi connectivity index (χ2v) is 3.98. The lowest BCUT2D eigenvalue weighted by Gasteiger charge is -2.04. The molecule has 0 aliphatic heterocycles. The first-order chi connectivity index (χ1) is 8.06. The van der Waals surface area contributed by atoms with Gasteiger partial charge in [0.2, 0.25) is 11.9 Å². The zero-order valence-electron chi connectivity index (χ0n) is 9.68. The zero-order valence-corrected chi connectivity index (χ0v) is 9.68. The molecule has 17 heavy (non-hydrogen) atoms. The van der Waals surface area contributed by atoms with Crippen LogP contribution in [0, 0.1) is 5.82 Å². The van der Waals surface area contributed by atoms with Crippen LogP contribution >= 0.6 is 0 Å². The summed E-state index contributed by atoms with van der Waals surface area (Å²) in [5, 5.41) is 7.20. The van der Waals surface area contributed by atoms with Crippen molar-refractivity contribution in [3.63, 3.8) is 0 Å². The Morgan fingerprint density at radius 2 is 2.18 bits per heavy atom. The summed E-state index contributed by atoms with van der Waals surface area (Å²) >= 11 is 0. The summed E-state index contributed by atoms with van der Waals surface area (Å²) in [4.78, 5) is 4.05. The van der Waals surface area contributed by atoms with Crippen LogP contribution in [-0.2, 0) is 0 Å². The third-order valence-corrected chi connectivity index (χ3v) is 2.10. The highest BCUT2D eigenvalue weighted by Gasteiger charge is 2.09. The molecule has 0 spiro atoms. The van der Waals surface area contributed by atoms with Crippen LogP contribution in [0.25, 0.3) is 5.69 Å². The zero-order chi connectivity index (χ0) is 12.4. The summed E-state index contributed by atoms with van der Waals surface area (Å²) in [5.74, 6) is 0.316. The number of nitrogens with two attached hydrogens (primary N) is 1. The summed E-state index contributed by atoms with van der Waals surface area (Å²) in [6, 6.07) is 6.24. The molecule has 6 heteroatoms. The fraction of sp³-hybridized carbons (Fsp3) is 0.273. The van der Waals surface area contributed by atoms with Gasteiger partial charge in [-0.3, -0.25) is 0 Å². The minimum atomic E-state index is -0.337. The summed E-state index contributed by atoms with van der Waals surface area (Å²) in [6.45, 7) is 3.94. The fourth-order valence-electron chi connectivity index (χ4n) is 1.44. The maximum Gasteiger partial charge on any atom is 0.244 e. The van der Waals surface area contributed by atoms with Gasteiger partial charge in [-0.2, -0.15) is 9.67 Å². The molecule has 2 rings (SSSR count). The molecule has 0 aliphatic carbocycles. The van der Waals surface area contributed by atoms with E-state index in [1.807, 2.05) is 13.8 Å². The third-order valence-electron chi connectivity index (χ3n) is 2.10. The van der Waals surface area contributed by atoms with Gasteiger partial charge in [-0.25, -0.2) is 4.39 Å². The van der Waals surface area contributed by atoms with Crippen LogP contribution in [0.15, 0.2) is 24.3 Å². The standard InChI is InChI=1S/C11H14FN5/c1-7(2)14-11-15-10(13)17(16-11)9-5-3-4-8(12)6-9/h3-7H,1-2H3,(H3,13,14,15,16). The highest BCUT2D eigenvalue weighted by Crippen LogP contribution is 2.14. The maximum absolute atomic E-state index is 13.1. The van der Waals surface area contributed by atoms with Crippen molar-refractivity contribution in [1.29, 1.82) is 0 Å². The maximum atomic E-state index is 13.1. The summed E-state index contributed by atoms with van der Waals surface area (Å²) in [5.41, 5.74) is 6.27.